The number of benzene rings is 1. The second kappa shape index (κ2) is 6.52. The van der Waals surface area contributed by atoms with E-state index in [1.54, 1.807) is 6.07 Å². The molecule has 0 atom stereocenters. The highest BCUT2D eigenvalue weighted by atomic mass is 19.1. The maximum Gasteiger partial charge on any atom is 0.170 e. The molecule has 0 spiro atoms. The van der Waals surface area contributed by atoms with E-state index in [9.17, 15) is 4.39 Å². The summed E-state index contributed by atoms with van der Waals surface area (Å²) < 4.78 is 18.9. The van der Waals surface area contributed by atoms with Gasteiger partial charge in [0.05, 0.1) is 6.61 Å². The van der Waals surface area contributed by atoms with Gasteiger partial charge in [-0.25, -0.2) is 4.39 Å². The first kappa shape index (κ1) is 13.8. The SMILES string of the molecule is N/C(=N/O)c1cc(F)cc(COCCC2CCC2)c1. The fourth-order valence-electron chi connectivity index (χ4n) is 2.16. The summed E-state index contributed by atoms with van der Waals surface area (Å²) in [7, 11) is 0. The van der Waals surface area contributed by atoms with E-state index in [-0.39, 0.29) is 5.84 Å². The van der Waals surface area contributed by atoms with E-state index in [1.165, 1.54) is 31.4 Å². The molecule has 19 heavy (non-hydrogen) atoms. The molecule has 0 radical (unpaired) electrons. The van der Waals surface area contributed by atoms with Crippen LogP contribution in [0, 0.1) is 11.7 Å². The maximum atomic E-state index is 13.4. The number of hydrogen-bond acceptors (Lipinski definition) is 3. The van der Waals surface area contributed by atoms with Crippen LogP contribution in [0.15, 0.2) is 23.4 Å². The number of ether oxygens (including phenoxy) is 1. The van der Waals surface area contributed by atoms with Crippen LogP contribution in [-0.2, 0) is 11.3 Å². The lowest BCUT2D eigenvalue weighted by Gasteiger charge is -2.24. The minimum atomic E-state index is -0.415. The van der Waals surface area contributed by atoms with Gasteiger partial charge in [0.2, 0.25) is 0 Å². The van der Waals surface area contributed by atoms with Gasteiger partial charge in [0.15, 0.2) is 5.84 Å². The quantitative estimate of drug-likeness (QED) is 0.273. The highest BCUT2D eigenvalue weighted by Gasteiger charge is 2.16. The first-order chi connectivity index (χ1) is 9.19. The highest BCUT2D eigenvalue weighted by Crippen LogP contribution is 2.29. The van der Waals surface area contributed by atoms with Crippen LogP contribution in [0.25, 0.3) is 0 Å². The third-order valence-corrected chi connectivity index (χ3v) is 3.52. The molecular weight excluding hydrogens is 247 g/mol. The molecule has 0 unspecified atom stereocenters. The van der Waals surface area contributed by atoms with Crippen LogP contribution in [0.1, 0.15) is 36.8 Å². The molecule has 104 valence electrons. The second-order valence-corrected chi connectivity index (χ2v) is 4.97. The van der Waals surface area contributed by atoms with Crippen LogP contribution in [0.5, 0.6) is 0 Å². The molecule has 2 rings (SSSR count). The Bertz CT molecular complexity index is 459. The van der Waals surface area contributed by atoms with Crippen molar-refractivity contribution in [1.82, 2.24) is 0 Å². The van der Waals surface area contributed by atoms with Crippen LogP contribution in [0.2, 0.25) is 0 Å². The molecule has 5 heteroatoms. The topological polar surface area (TPSA) is 67.8 Å². The lowest BCUT2D eigenvalue weighted by atomic mass is 9.83. The van der Waals surface area contributed by atoms with Gasteiger partial charge < -0.3 is 15.7 Å². The number of nitrogens with zero attached hydrogens (tertiary/aromatic N) is 1. The summed E-state index contributed by atoms with van der Waals surface area (Å²) in [6.07, 6.45) is 5.01. The molecule has 0 bridgehead atoms. The molecular formula is C14H19FN2O2. The van der Waals surface area contributed by atoms with Gasteiger partial charge in [0.1, 0.15) is 5.82 Å². The second-order valence-electron chi connectivity index (χ2n) is 4.97. The molecule has 4 nitrogen and oxygen atoms in total. The van der Waals surface area contributed by atoms with Crippen LogP contribution < -0.4 is 5.73 Å². The van der Waals surface area contributed by atoms with Crippen molar-refractivity contribution in [2.45, 2.75) is 32.3 Å². The van der Waals surface area contributed by atoms with Gasteiger partial charge in [-0.1, -0.05) is 24.4 Å². The Kier molecular flexibility index (Phi) is 4.74. The van der Waals surface area contributed by atoms with Crippen molar-refractivity contribution in [1.29, 1.82) is 0 Å². The Morgan fingerprint density at radius 2 is 2.21 bits per heavy atom. The van der Waals surface area contributed by atoms with E-state index < -0.39 is 5.82 Å². The number of hydrogen-bond donors (Lipinski definition) is 2. The molecule has 1 aromatic rings. The zero-order valence-electron chi connectivity index (χ0n) is 10.8. The summed E-state index contributed by atoms with van der Waals surface area (Å²) in [4.78, 5) is 0. The first-order valence-corrected chi connectivity index (χ1v) is 6.54. The van der Waals surface area contributed by atoms with Gasteiger partial charge in [-0.2, -0.15) is 0 Å². The van der Waals surface area contributed by atoms with E-state index in [0.717, 1.165) is 12.3 Å². The molecule has 0 heterocycles. The van der Waals surface area contributed by atoms with Crippen LogP contribution >= 0.6 is 0 Å². The van der Waals surface area contributed by atoms with Gasteiger partial charge in [0, 0.05) is 12.2 Å². The summed E-state index contributed by atoms with van der Waals surface area (Å²) in [6.45, 7) is 1.04. The summed E-state index contributed by atoms with van der Waals surface area (Å²) in [5.74, 6) is 0.289. The van der Waals surface area contributed by atoms with Crippen molar-refractivity contribution in [3.63, 3.8) is 0 Å². The molecule has 0 aliphatic heterocycles. The number of nitrogens with two attached hydrogens (primary N) is 1. The molecule has 1 fully saturated rings. The molecule has 0 saturated heterocycles. The molecule has 1 aliphatic carbocycles. The summed E-state index contributed by atoms with van der Waals surface area (Å²) >= 11 is 0. The van der Waals surface area contributed by atoms with E-state index in [2.05, 4.69) is 5.16 Å². The standard InChI is InChI=1S/C14H19FN2O2/c15-13-7-11(6-12(8-13)14(16)17-18)9-19-5-4-10-2-1-3-10/h6-8,10,18H,1-5,9H2,(H2,16,17). The van der Waals surface area contributed by atoms with Gasteiger partial charge >= 0.3 is 0 Å². The third-order valence-electron chi connectivity index (χ3n) is 3.52. The van der Waals surface area contributed by atoms with Gasteiger partial charge in [-0.05, 0) is 36.1 Å². The van der Waals surface area contributed by atoms with E-state index in [1.807, 2.05) is 0 Å². The summed E-state index contributed by atoms with van der Waals surface area (Å²) in [5, 5.41) is 11.5. The predicted octanol–water partition coefficient (Wildman–Crippen LogP) is 2.63. The number of halogens is 1. The minimum absolute atomic E-state index is 0.102. The average molecular weight is 266 g/mol. The summed E-state index contributed by atoms with van der Waals surface area (Å²) in [6, 6.07) is 4.30. The Hall–Kier alpha value is -1.62. The number of amidine groups is 1. The molecule has 0 amide bonds. The van der Waals surface area contributed by atoms with Crippen molar-refractivity contribution in [2.75, 3.05) is 6.61 Å². The fourth-order valence-corrected chi connectivity index (χ4v) is 2.16. The normalized spacial score (nSPS) is 16.4. The molecule has 1 saturated carbocycles. The molecule has 0 aromatic heterocycles. The highest BCUT2D eigenvalue weighted by molar-refractivity contribution is 5.97. The number of oxime groups is 1. The van der Waals surface area contributed by atoms with Crippen molar-refractivity contribution in [2.24, 2.45) is 16.8 Å². The maximum absolute atomic E-state index is 13.4. The zero-order chi connectivity index (χ0) is 13.7. The number of rotatable bonds is 6. The largest absolute Gasteiger partial charge is 0.409 e. The fraction of sp³-hybridized carbons (Fsp3) is 0.500. The van der Waals surface area contributed by atoms with E-state index in [0.29, 0.717) is 24.3 Å². The Morgan fingerprint density at radius 3 is 2.84 bits per heavy atom. The van der Waals surface area contributed by atoms with Gasteiger partial charge in [-0.15, -0.1) is 0 Å². The smallest absolute Gasteiger partial charge is 0.170 e. The third kappa shape index (κ3) is 3.92. The molecule has 1 aliphatic rings. The molecule has 3 N–H and O–H groups in total. The van der Waals surface area contributed by atoms with Crippen molar-refractivity contribution >= 4 is 5.84 Å². The Morgan fingerprint density at radius 1 is 1.42 bits per heavy atom. The van der Waals surface area contributed by atoms with E-state index >= 15 is 0 Å². The lowest BCUT2D eigenvalue weighted by Crippen LogP contribution is -2.14. The van der Waals surface area contributed by atoms with Crippen LogP contribution in [0.3, 0.4) is 0 Å². The van der Waals surface area contributed by atoms with Crippen LogP contribution in [-0.4, -0.2) is 17.6 Å². The monoisotopic (exact) mass is 266 g/mol. The van der Waals surface area contributed by atoms with Crippen LogP contribution in [0.4, 0.5) is 4.39 Å². The first-order valence-electron chi connectivity index (χ1n) is 6.54. The zero-order valence-corrected chi connectivity index (χ0v) is 10.8. The van der Waals surface area contributed by atoms with E-state index in [4.69, 9.17) is 15.7 Å². The predicted molar refractivity (Wildman–Crippen MR) is 70.5 cm³/mol. The molecule has 1 aromatic carbocycles. The Labute approximate surface area is 112 Å². The van der Waals surface area contributed by atoms with Crippen molar-refractivity contribution in [3.05, 3.63) is 35.1 Å². The lowest BCUT2D eigenvalue weighted by molar-refractivity contribution is 0.0948. The average Bonchev–Trinajstić information content (AvgIpc) is 2.34. The van der Waals surface area contributed by atoms with Crippen molar-refractivity contribution in [3.8, 4) is 0 Å². The van der Waals surface area contributed by atoms with Gasteiger partial charge in [-0.3, -0.25) is 0 Å². The minimum Gasteiger partial charge on any atom is -0.409 e. The van der Waals surface area contributed by atoms with Gasteiger partial charge in [0.25, 0.3) is 0 Å². The summed E-state index contributed by atoms with van der Waals surface area (Å²) in [5.41, 5.74) is 6.50. The van der Waals surface area contributed by atoms with Crippen molar-refractivity contribution < 1.29 is 14.3 Å². The Balaban J connectivity index is 1.86.